The van der Waals surface area contributed by atoms with Crippen molar-refractivity contribution in [3.63, 3.8) is 0 Å². The minimum absolute atomic E-state index is 0.0837. The lowest BCUT2D eigenvalue weighted by atomic mass is 9.96. The molecule has 0 aliphatic carbocycles. The highest BCUT2D eigenvalue weighted by Gasteiger charge is 2.10. The second-order valence-electron chi connectivity index (χ2n) is 5.15. The molecule has 1 aromatic rings. The van der Waals surface area contributed by atoms with Crippen molar-refractivity contribution < 1.29 is 4.79 Å². The van der Waals surface area contributed by atoms with Crippen molar-refractivity contribution in [2.24, 2.45) is 11.8 Å². The van der Waals surface area contributed by atoms with E-state index in [-0.39, 0.29) is 11.7 Å². The molecule has 0 saturated heterocycles. The van der Waals surface area contributed by atoms with Crippen molar-refractivity contribution in [1.82, 2.24) is 0 Å². The summed E-state index contributed by atoms with van der Waals surface area (Å²) in [7, 11) is 0. The highest BCUT2D eigenvalue weighted by Crippen LogP contribution is 2.14. The summed E-state index contributed by atoms with van der Waals surface area (Å²) in [6, 6.07) is 8.07. The molecule has 88 valence electrons. The third-order valence-corrected chi connectivity index (χ3v) is 2.75. The van der Waals surface area contributed by atoms with E-state index in [9.17, 15) is 4.79 Å². The Morgan fingerprint density at radius 2 is 1.88 bits per heavy atom. The minimum atomic E-state index is 0.0837. The van der Waals surface area contributed by atoms with Crippen LogP contribution in [0.25, 0.3) is 0 Å². The zero-order valence-electron chi connectivity index (χ0n) is 10.8. The lowest BCUT2D eigenvalue weighted by Crippen LogP contribution is -2.07. The van der Waals surface area contributed by atoms with Crippen LogP contribution < -0.4 is 0 Å². The van der Waals surface area contributed by atoms with Gasteiger partial charge < -0.3 is 0 Å². The smallest absolute Gasteiger partial charge is 0.165 e. The first-order chi connectivity index (χ1) is 7.50. The van der Waals surface area contributed by atoms with Gasteiger partial charge in [0.2, 0.25) is 0 Å². The van der Waals surface area contributed by atoms with Gasteiger partial charge in [-0.15, -0.1) is 0 Å². The van der Waals surface area contributed by atoms with Crippen molar-refractivity contribution in [3.05, 3.63) is 35.4 Å². The summed E-state index contributed by atoms with van der Waals surface area (Å²) in [5.74, 6) is 1.04. The summed E-state index contributed by atoms with van der Waals surface area (Å²) < 4.78 is 0. The van der Waals surface area contributed by atoms with Gasteiger partial charge in [0.25, 0.3) is 0 Å². The molecule has 0 N–H and O–H groups in total. The second-order valence-corrected chi connectivity index (χ2v) is 5.15. The molecule has 1 aromatic carbocycles. The Labute approximate surface area is 98.9 Å². The fourth-order valence-corrected chi connectivity index (χ4v) is 1.67. The van der Waals surface area contributed by atoms with Gasteiger partial charge in [-0.05, 0) is 30.4 Å². The van der Waals surface area contributed by atoms with Gasteiger partial charge in [0, 0.05) is 11.5 Å². The van der Waals surface area contributed by atoms with Crippen LogP contribution in [0.15, 0.2) is 24.3 Å². The summed E-state index contributed by atoms with van der Waals surface area (Å²) in [6.07, 6.45) is 2.25. The van der Waals surface area contributed by atoms with Crippen molar-refractivity contribution in [3.8, 4) is 0 Å². The van der Waals surface area contributed by atoms with E-state index < -0.39 is 0 Å². The van der Waals surface area contributed by atoms with E-state index in [2.05, 4.69) is 19.9 Å². The van der Waals surface area contributed by atoms with Crippen LogP contribution >= 0.6 is 0 Å². The van der Waals surface area contributed by atoms with E-state index in [0.717, 1.165) is 12.0 Å². The Bertz CT molecular complexity index is 350. The molecule has 0 radical (unpaired) electrons. The predicted molar refractivity (Wildman–Crippen MR) is 68.8 cm³/mol. The maximum Gasteiger partial charge on any atom is 0.165 e. The fraction of sp³-hybridized carbons (Fsp3) is 0.533. The van der Waals surface area contributed by atoms with E-state index in [1.54, 1.807) is 0 Å². The standard InChI is InChI=1S/C15H22O/c1-11(2)8-9-13-6-5-7-14(10-13)15(16)12(3)4/h5-7,10-12H,8-9H2,1-4H3. The maximum atomic E-state index is 11.8. The number of hydrogen-bond donors (Lipinski definition) is 0. The second kappa shape index (κ2) is 5.83. The molecule has 0 spiro atoms. The quantitative estimate of drug-likeness (QED) is 0.680. The van der Waals surface area contributed by atoms with Crippen molar-refractivity contribution in [2.45, 2.75) is 40.5 Å². The van der Waals surface area contributed by atoms with E-state index in [1.165, 1.54) is 12.0 Å². The predicted octanol–water partition coefficient (Wildman–Crippen LogP) is 4.11. The zero-order chi connectivity index (χ0) is 12.1. The normalized spacial score (nSPS) is 11.1. The largest absolute Gasteiger partial charge is 0.294 e. The molecule has 0 aliphatic heterocycles. The van der Waals surface area contributed by atoms with Gasteiger partial charge in [0.05, 0.1) is 0 Å². The highest BCUT2D eigenvalue weighted by atomic mass is 16.1. The molecule has 0 bridgehead atoms. The number of ketones is 1. The van der Waals surface area contributed by atoms with E-state index in [4.69, 9.17) is 0 Å². The van der Waals surface area contributed by atoms with Crippen LogP contribution in [0.3, 0.4) is 0 Å². The Kier molecular flexibility index (Phi) is 4.72. The molecular weight excluding hydrogens is 196 g/mol. The van der Waals surface area contributed by atoms with Gasteiger partial charge in [0.1, 0.15) is 0 Å². The molecule has 0 amide bonds. The molecule has 1 heteroatoms. The molecule has 1 rings (SSSR count). The van der Waals surface area contributed by atoms with Crippen LogP contribution in [0.5, 0.6) is 0 Å². The molecular formula is C15H22O. The lowest BCUT2D eigenvalue weighted by molar-refractivity contribution is 0.0939. The first-order valence-corrected chi connectivity index (χ1v) is 6.14. The van der Waals surface area contributed by atoms with Crippen LogP contribution in [0, 0.1) is 11.8 Å². The van der Waals surface area contributed by atoms with Gasteiger partial charge in [-0.2, -0.15) is 0 Å². The number of carbonyl (C=O) groups excluding carboxylic acids is 1. The van der Waals surface area contributed by atoms with Gasteiger partial charge in [-0.3, -0.25) is 4.79 Å². The monoisotopic (exact) mass is 218 g/mol. The number of rotatable bonds is 5. The Morgan fingerprint density at radius 3 is 2.44 bits per heavy atom. The molecule has 0 heterocycles. The SMILES string of the molecule is CC(C)CCc1cccc(C(=O)C(C)C)c1. The first kappa shape index (κ1) is 13.0. The molecule has 1 nitrogen and oxygen atoms in total. The molecule has 0 atom stereocenters. The van der Waals surface area contributed by atoms with Crippen LogP contribution in [0.1, 0.15) is 50.0 Å². The molecule has 0 saturated carbocycles. The number of aryl methyl sites for hydroxylation is 1. The minimum Gasteiger partial charge on any atom is -0.294 e. The van der Waals surface area contributed by atoms with Crippen LogP contribution in [-0.2, 0) is 6.42 Å². The molecule has 16 heavy (non-hydrogen) atoms. The third kappa shape index (κ3) is 3.80. The zero-order valence-corrected chi connectivity index (χ0v) is 10.8. The summed E-state index contributed by atoms with van der Waals surface area (Å²) in [6.45, 7) is 8.35. The van der Waals surface area contributed by atoms with Gasteiger partial charge >= 0.3 is 0 Å². The Morgan fingerprint density at radius 1 is 1.19 bits per heavy atom. The molecule has 0 aromatic heterocycles. The molecule has 0 fully saturated rings. The van der Waals surface area contributed by atoms with Crippen LogP contribution in [0.4, 0.5) is 0 Å². The van der Waals surface area contributed by atoms with E-state index in [1.807, 2.05) is 32.0 Å². The average molecular weight is 218 g/mol. The molecule has 0 unspecified atom stereocenters. The van der Waals surface area contributed by atoms with E-state index in [0.29, 0.717) is 5.92 Å². The Hall–Kier alpha value is -1.11. The first-order valence-electron chi connectivity index (χ1n) is 6.14. The number of hydrogen-bond acceptors (Lipinski definition) is 1. The highest BCUT2D eigenvalue weighted by molar-refractivity contribution is 5.97. The topological polar surface area (TPSA) is 17.1 Å². The number of Topliss-reactive ketones (excluding diaryl/α,β-unsaturated/α-hetero) is 1. The lowest BCUT2D eigenvalue weighted by Gasteiger charge is -2.08. The van der Waals surface area contributed by atoms with Gasteiger partial charge in [-0.1, -0.05) is 45.9 Å². The molecule has 0 aliphatic rings. The third-order valence-electron chi connectivity index (χ3n) is 2.75. The van der Waals surface area contributed by atoms with Gasteiger partial charge in [-0.25, -0.2) is 0 Å². The summed E-state index contributed by atoms with van der Waals surface area (Å²) >= 11 is 0. The number of carbonyl (C=O) groups is 1. The summed E-state index contributed by atoms with van der Waals surface area (Å²) in [4.78, 5) is 11.8. The average Bonchev–Trinajstić information content (AvgIpc) is 2.25. The van der Waals surface area contributed by atoms with Crippen molar-refractivity contribution >= 4 is 5.78 Å². The number of benzene rings is 1. The fourth-order valence-electron chi connectivity index (χ4n) is 1.67. The van der Waals surface area contributed by atoms with Crippen molar-refractivity contribution in [1.29, 1.82) is 0 Å². The summed E-state index contributed by atoms with van der Waals surface area (Å²) in [5, 5.41) is 0. The van der Waals surface area contributed by atoms with E-state index >= 15 is 0 Å². The van der Waals surface area contributed by atoms with Crippen LogP contribution in [0.2, 0.25) is 0 Å². The van der Waals surface area contributed by atoms with Crippen molar-refractivity contribution in [2.75, 3.05) is 0 Å². The Balaban J connectivity index is 2.75. The van der Waals surface area contributed by atoms with Crippen LogP contribution in [-0.4, -0.2) is 5.78 Å². The maximum absolute atomic E-state index is 11.8. The van der Waals surface area contributed by atoms with Gasteiger partial charge in [0.15, 0.2) is 5.78 Å². The summed E-state index contributed by atoms with van der Waals surface area (Å²) in [5.41, 5.74) is 2.14.